The first kappa shape index (κ1) is 11.3. The molecule has 6 heteroatoms. The molecule has 0 unspecified atom stereocenters. The number of hydrogen-bond acceptors (Lipinski definition) is 3. The summed E-state index contributed by atoms with van der Waals surface area (Å²) in [6.45, 7) is 0. The zero-order valence-electron chi connectivity index (χ0n) is 9.75. The first-order chi connectivity index (χ1) is 9.16. The lowest BCUT2D eigenvalue weighted by atomic mass is 10.1. The second-order valence-corrected chi connectivity index (χ2v) is 3.96. The normalized spacial score (nSPS) is 10.8. The number of nitrogens with zero attached hydrogens (tertiary/aromatic N) is 3. The molecule has 0 aliphatic carbocycles. The first-order valence-corrected chi connectivity index (χ1v) is 5.57. The molecule has 2 aromatic heterocycles. The van der Waals surface area contributed by atoms with Crippen molar-refractivity contribution < 1.29 is 9.18 Å². The van der Waals surface area contributed by atoms with Crippen LogP contribution in [0.1, 0.15) is 10.6 Å². The van der Waals surface area contributed by atoms with Crippen molar-refractivity contribution in [3.05, 3.63) is 54.1 Å². The minimum absolute atomic E-state index is 0.0937. The average molecular weight is 256 g/mol. The molecule has 2 N–H and O–H groups in total. The van der Waals surface area contributed by atoms with Crippen molar-refractivity contribution in [3.63, 3.8) is 0 Å². The molecular formula is C13H9FN4O. The molecule has 0 aliphatic heterocycles. The molecule has 19 heavy (non-hydrogen) atoms. The number of primary amides is 1. The van der Waals surface area contributed by atoms with Gasteiger partial charge < -0.3 is 5.73 Å². The third-order valence-electron chi connectivity index (χ3n) is 2.73. The van der Waals surface area contributed by atoms with Crippen LogP contribution in [0.15, 0.2) is 42.5 Å². The summed E-state index contributed by atoms with van der Waals surface area (Å²) < 4.78 is 15.2. The van der Waals surface area contributed by atoms with Crippen LogP contribution >= 0.6 is 0 Å². The van der Waals surface area contributed by atoms with Crippen LogP contribution in [0.25, 0.3) is 16.9 Å². The van der Waals surface area contributed by atoms with Gasteiger partial charge in [-0.15, -0.1) is 5.10 Å². The Morgan fingerprint density at radius 1 is 1.16 bits per heavy atom. The van der Waals surface area contributed by atoms with E-state index >= 15 is 0 Å². The third kappa shape index (κ3) is 1.83. The standard InChI is InChI=1S/C13H9FN4O/c14-9-5-2-1-4-8(9)10-6-3-7-11-16-13(12(15)19)17-18(10)11/h1-7H,(H2,15,19). The van der Waals surface area contributed by atoms with Crippen LogP contribution in [0.2, 0.25) is 0 Å². The predicted molar refractivity (Wildman–Crippen MR) is 66.9 cm³/mol. The molecule has 0 spiro atoms. The zero-order chi connectivity index (χ0) is 13.4. The van der Waals surface area contributed by atoms with Gasteiger partial charge in [-0.1, -0.05) is 18.2 Å². The van der Waals surface area contributed by atoms with E-state index in [1.54, 1.807) is 36.4 Å². The number of pyridine rings is 1. The number of rotatable bonds is 2. The van der Waals surface area contributed by atoms with Crippen LogP contribution < -0.4 is 5.73 Å². The molecule has 5 nitrogen and oxygen atoms in total. The van der Waals surface area contributed by atoms with Crippen molar-refractivity contribution in [2.45, 2.75) is 0 Å². The lowest BCUT2D eigenvalue weighted by Crippen LogP contribution is -2.13. The third-order valence-corrected chi connectivity index (χ3v) is 2.73. The van der Waals surface area contributed by atoms with Crippen molar-refractivity contribution in [2.24, 2.45) is 5.73 Å². The zero-order valence-corrected chi connectivity index (χ0v) is 9.75. The maximum absolute atomic E-state index is 13.8. The highest BCUT2D eigenvalue weighted by Crippen LogP contribution is 2.22. The number of carbonyl (C=O) groups is 1. The number of carbonyl (C=O) groups excluding carboxylic acids is 1. The Kier molecular flexibility index (Phi) is 2.49. The molecule has 2 heterocycles. The molecule has 3 rings (SSSR count). The van der Waals surface area contributed by atoms with Gasteiger partial charge in [-0.25, -0.2) is 13.9 Å². The summed E-state index contributed by atoms with van der Waals surface area (Å²) in [5.41, 5.74) is 6.48. The average Bonchev–Trinajstić information content (AvgIpc) is 2.83. The van der Waals surface area contributed by atoms with Gasteiger partial charge in [0, 0.05) is 5.56 Å². The summed E-state index contributed by atoms with van der Waals surface area (Å²) in [6, 6.07) is 11.4. The molecule has 1 amide bonds. The van der Waals surface area contributed by atoms with E-state index in [-0.39, 0.29) is 11.6 Å². The molecule has 0 aliphatic rings. The summed E-state index contributed by atoms with van der Waals surface area (Å²) in [6.07, 6.45) is 0. The summed E-state index contributed by atoms with van der Waals surface area (Å²) >= 11 is 0. The quantitative estimate of drug-likeness (QED) is 0.757. The van der Waals surface area contributed by atoms with E-state index in [4.69, 9.17) is 5.73 Å². The van der Waals surface area contributed by atoms with Crippen molar-refractivity contribution >= 4 is 11.6 Å². The van der Waals surface area contributed by atoms with Gasteiger partial charge in [0.1, 0.15) is 5.82 Å². The van der Waals surface area contributed by atoms with Crippen LogP contribution in [0.4, 0.5) is 4.39 Å². The second-order valence-electron chi connectivity index (χ2n) is 3.96. The maximum atomic E-state index is 13.8. The fourth-order valence-electron chi connectivity index (χ4n) is 1.88. The molecule has 0 saturated heterocycles. The van der Waals surface area contributed by atoms with Gasteiger partial charge in [-0.2, -0.15) is 0 Å². The largest absolute Gasteiger partial charge is 0.363 e. The van der Waals surface area contributed by atoms with E-state index in [0.717, 1.165) is 0 Å². The highest BCUT2D eigenvalue weighted by molar-refractivity contribution is 5.89. The van der Waals surface area contributed by atoms with E-state index < -0.39 is 5.91 Å². The van der Waals surface area contributed by atoms with Gasteiger partial charge in [0.15, 0.2) is 5.65 Å². The smallest absolute Gasteiger partial charge is 0.288 e. The topological polar surface area (TPSA) is 73.3 Å². The minimum Gasteiger partial charge on any atom is -0.363 e. The molecule has 0 radical (unpaired) electrons. The van der Waals surface area contributed by atoms with Gasteiger partial charge in [-0.3, -0.25) is 4.79 Å². The van der Waals surface area contributed by atoms with Crippen molar-refractivity contribution in [3.8, 4) is 11.3 Å². The van der Waals surface area contributed by atoms with E-state index in [1.807, 2.05) is 0 Å². The Labute approximate surface area is 107 Å². The van der Waals surface area contributed by atoms with E-state index in [0.29, 0.717) is 16.9 Å². The summed E-state index contributed by atoms with van der Waals surface area (Å²) in [4.78, 5) is 15.1. The van der Waals surface area contributed by atoms with Gasteiger partial charge in [0.05, 0.1) is 5.69 Å². The number of nitrogens with two attached hydrogens (primary N) is 1. The van der Waals surface area contributed by atoms with Gasteiger partial charge in [-0.05, 0) is 24.3 Å². The van der Waals surface area contributed by atoms with E-state index in [2.05, 4.69) is 10.1 Å². The van der Waals surface area contributed by atoms with E-state index in [1.165, 1.54) is 10.6 Å². The van der Waals surface area contributed by atoms with Crippen molar-refractivity contribution in [1.82, 2.24) is 14.6 Å². The molecule has 0 bridgehead atoms. The first-order valence-electron chi connectivity index (χ1n) is 5.57. The summed E-state index contributed by atoms with van der Waals surface area (Å²) in [7, 11) is 0. The Hall–Kier alpha value is -2.76. The highest BCUT2D eigenvalue weighted by atomic mass is 19.1. The van der Waals surface area contributed by atoms with Gasteiger partial charge >= 0.3 is 0 Å². The van der Waals surface area contributed by atoms with Gasteiger partial charge in [0.25, 0.3) is 5.91 Å². The molecule has 0 fully saturated rings. The van der Waals surface area contributed by atoms with Crippen molar-refractivity contribution in [1.29, 1.82) is 0 Å². The fourth-order valence-corrected chi connectivity index (χ4v) is 1.88. The number of benzene rings is 1. The van der Waals surface area contributed by atoms with Crippen LogP contribution in [0.3, 0.4) is 0 Å². The lowest BCUT2D eigenvalue weighted by molar-refractivity contribution is 0.0990. The Morgan fingerprint density at radius 2 is 1.95 bits per heavy atom. The van der Waals surface area contributed by atoms with Crippen molar-refractivity contribution in [2.75, 3.05) is 0 Å². The SMILES string of the molecule is NC(=O)c1nc2cccc(-c3ccccc3F)n2n1. The monoisotopic (exact) mass is 256 g/mol. The summed E-state index contributed by atoms with van der Waals surface area (Å²) in [5.74, 6) is -1.18. The van der Waals surface area contributed by atoms with Crippen LogP contribution in [0, 0.1) is 5.82 Å². The molecule has 1 aromatic carbocycles. The minimum atomic E-state index is -0.719. The molecule has 94 valence electrons. The Bertz CT molecular complexity index is 781. The molecule has 0 atom stereocenters. The highest BCUT2D eigenvalue weighted by Gasteiger charge is 2.13. The summed E-state index contributed by atoms with van der Waals surface area (Å²) in [5, 5.41) is 3.99. The molecule has 3 aromatic rings. The maximum Gasteiger partial charge on any atom is 0.288 e. The van der Waals surface area contributed by atoms with E-state index in [9.17, 15) is 9.18 Å². The fraction of sp³-hybridized carbons (Fsp3) is 0. The van der Waals surface area contributed by atoms with Crippen LogP contribution in [-0.2, 0) is 0 Å². The second kappa shape index (κ2) is 4.16. The Balaban J connectivity index is 2.30. The molecular weight excluding hydrogens is 247 g/mol. The van der Waals surface area contributed by atoms with Crippen LogP contribution in [-0.4, -0.2) is 20.5 Å². The lowest BCUT2D eigenvalue weighted by Gasteiger charge is -2.04. The predicted octanol–water partition coefficient (Wildman–Crippen LogP) is 1.63. The molecule has 0 saturated carbocycles. The number of fused-ring (bicyclic) bond motifs is 1. The Morgan fingerprint density at radius 3 is 2.68 bits per heavy atom. The van der Waals surface area contributed by atoms with Gasteiger partial charge in [0.2, 0.25) is 5.82 Å². The number of amides is 1. The number of halogens is 1. The number of aromatic nitrogens is 3. The number of hydrogen-bond donors (Lipinski definition) is 1. The van der Waals surface area contributed by atoms with Crippen LogP contribution in [0.5, 0.6) is 0 Å².